The van der Waals surface area contributed by atoms with Crippen LogP contribution in [0.15, 0.2) is 36.7 Å². The van der Waals surface area contributed by atoms with Gasteiger partial charge in [-0.25, -0.2) is 17.7 Å². The molecule has 2 aromatic rings. The van der Waals surface area contributed by atoms with Crippen LogP contribution in [0.5, 0.6) is 5.75 Å². The Bertz CT molecular complexity index is 832. The minimum Gasteiger partial charge on any atom is -0.497 e. The lowest BCUT2D eigenvalue weighted by Gasteiger charge is -2.22. The summed E-state index contributed by atoms with van der Waals surface area (Å²) in [7, 11) is 1.44. The molecule has 1 aliphatic heterocycles. The molecule has 0 unspecified atom stereocenters. The van der Waals surface area contributed by atoms with Crippen LogP contribution in [-0.4, -0.2) is 62.4 Å². The van der Waals surface area contributed by atoms with E-state index in [4.69, 9.17) is 9.47 Å². The van der Waals surface area contributed by atoms with E-state index in [-0.39, 0.29) is 17.7 Å². The molecule has 0 amide bonds. The summed E-state index contributed by atoms with van der Waals surface area (Å²) >= 11 is 0. The molecule has 0 spiro atoms. The van der Waals surface area contributed by atoms with Crippen LogP contribution < -0.4 is 4.74 Å². The molecular weight excluding hydrogens is 342 g/mol. The van der Waals surface area contributed by atoms with Gasteiger partial charge in [0.15, 0.2) is 0 Å². The smallest absolute Gasteiger partial charge is 0.214 e. The molecule has 3 rings (SSSR count). The first-order chi connectivity index (χ1) is 11.9. The Morgan fingerprint density at radius 3 is 2.88 bits per heavy atom. The van der Waals surface area contributed by atoms with Gasteiger partial charge in [0.25, 0.3) is 0 Å². The van der Waals surface area contributed by atoms with Crippen LogP contribution in [0, 0.1) is 5.92 Å². The molecule has 0 N–H and O–H groups in total. The SMILES string of the molecule is COc1cccc(-c2nccn2[C@@H]2COC[C@@H]2CS(=O)(=O)N(C)C)c1. The number of methoxy groups -OCH3 is 1. The van der Waals surface area contributed by atoms with Crippen LogP contribution >= 0.6 is 0 Å². The highest BCUT2D eigenvalue weighted by Gasteiger charge is 2.35. The van der Waals surface area contributed by atoms with Gasteiger partial charge in [0.2, 0.25) is 10.0 Å². The molecule has 0 bridgehead atoms. The molecule has 25 heavy (non-hydrogen) atoms. The van der Waals surface area contributed by atoms with Crippen LogP contribution in [0.3, 0.4) is 0 Å². The summed E-state index contributed by atoms with van der Waals surface area (Å²) in [6.45, 7) is 0.897. The van der Waals surface area contributed by atoms with Gasteiger partial charge in [-0.05, 0) is 12.1 Å². The van der Waals surface area contributed by atoms with Crippen molar-refractivity contribution in [3.05, 3.63) is 36.7 Å². The summed E-state index contributed by atoms with van der Waals surface area (Å²) in [6, 6.07) is 7.59. The van der Waals surface area contributed by atoms with E-state index in [1.165, 1.54) is 4.31 Å². The molecule has 0 saturated carbocycles. The highest BCUT2D eigenvalue weighted by atomic mass is 32.2. The largest absolute Gasteiger partial charge is 0.497 e. The lowest BCUT2D eigenvalue weighted by Crippen LogP contribution is -2.32. The monoisotopic (exact) mass is 365 g/mol. The Hall–Kier alpha value is -1.90. The number of benzene rings is 1. The Kier molecular flexibility index (Phi) is 5.12. The molecule has 1 saturated heterocycles. The summed E-state index contributed by atoms with van der Waals surface area (Å²) in [5.41, 5.74) is 0.922. The van der Waals surface area contributed by atoms with Gasteiger partial charge >= 0.3 is 0 Å². The fraction of sp³-hybridized carbons (Fsp3) is 0.471. The number of hydrogen-bond acceptors (Lipinski definition) is 5. The third kappa shape index (κ3) is 3.70. The predicted octanol–water partition coefficient (Wildman–Crippen LogP) is 1.64. The Morgan fingerprint density at radius 2 is 2.16 bits per heavy atom. The summed E-state index contributed by atoms with van der Waals surface area (Å²) in [5, 5.41) is 0. The number of aromatic nitrogens is 2. The molecule has 1 fully saturated rings. The number of imidazole rings is 1. The van der Waals surface area contributed by atoms with Gasteiger partial charge in [-0.3, -0.25) is 0 Å². The fourth-order valence-electron chi connectivity index (χ4n) is 3.04. The second-order valence-corrected chi connectivity index (χ2v) is 8.54. The van der Waals surface area contributed by atoms with Crippen molar-refractivity contribution in [3.63, 3.8) is 0 Å². The maximum atomic E-state index is 12.3. The van der Waals surface area contributed by atoms with Gasteiger partial charge in [0.1, 0.15) is 11.6 Å². The Labute approximate surface area is 148 Å². The van der Waals surface area contributed by atoms with Gasteiger partial charge < -0.3 is 14.0 Å². The van der Waals surface area contributed by atoms with Crippen molar-refractivity contribution in [1.82, 2.24) is 13.9 Å². The minimum absolute atomic E-state index is 0.0559. The van der Waals surface area contributed by atoms with Crippen molar-refractivity contribution >= 4 is 10.0 Å². The van der Waals surface area contributed by atoms with Crippen LogP contribution in [0.2, 0.25) is 0 Å². The van der Waals surface area contributed by atoms with Crippen molar-refractivity contribution in [3.8, 4) is 17.1 Å². The van der Waals surface area contributed by atoms with Crippen molar-refractivity contribution in [1.29, 1.82) is 0 Å². The molecule has 0 aliphatic carbocycles. The van der Waals surface area contributed by atoms with E-state index in [0.717, 1.165) is 17.1 Å². The van der Waals surface area contributed by atoms with Gasteiger partial charge in [0, 0.05) is 38.0 Å². The maximum Gasteiger partial charge on any atom is 0.214 e. The normalized spacial score (nSPS) is 21.0. The first-order valence-corrected chi connectivity index (χ1v) is 9.68. The zero-order chi connectivity index (χ0) is 18.0. The van der Waals surface area contributed by atoms with E-state index >= 15 is 0 Å². The summed E-state index contributed by atoms with van der Waals surface area (Å²) in [4.78, 5) is 4.46. The van der Waals surface area contributed by atoms with E-state index in [1.54, 1.807) is 27.4 Å². The molecule has 7 nitrogen and oxygen atoms in total. The van der Waals surface area contributed by atoms with Crippen LogP contribution in [0.4, 0.5) is 0 Å². The van der Waals surface area contributed by atoms with Crippen molar-refractivity contribution in [2.45, 2.75) is 6.04 Å². The van der Waals surface area contributed by atoms with E-state index in [2.05, 4.69) is 4.98 Å². The van der Waals surface area contributed by atoms with E-state index in [1.807, 2.05) is 35.0 Å². The predicted molar refractivity (Wildman–Crippen MR) is 95.0 cm³/mol. The molecule has 1 aromatic carbocycles. The topological polar surface area (TPSA) is 73.7 Å². The molecular formula is C17H23N3O4S. The average molecular weight is 365 g/mol. The number of sulfonamides is 1. The Morgan fingerprint density at radius 1 is 1.36 bits per heavy atom. The zero-order valence-corrected chi connectivity index (χ0v) is 15.4. The molecule has 1 aromatic heterocycles. The van der Waals surface area contributed by atoms with Gasteiger partial charge in [-0.2, -0.15) is 0 Å². The van der Waals surface area contributed by atoms with Gasteiger partial charge in [-0.1, -0.05) is 12.1 Å². The van der Waals surface area contributed by atoms with Crippen LogP contribution in [0.25, 0.3) is 11.4 Å². The maximum absolute atomic E-state index is 12.3. The second-order valence-electron chi connectivity index (χ2n) is 6.32. The third-order valence-corrected chi connectivity index (χ3v) is 6.46. The fourth-order valence-corrected chi connectivity index (χ4v) is 4.20. The zero-order valence-electron chi connectivity index (χ0n) is 14.6. The Balaban J connectivity index is 1.90. The molecule has 8 heteroatoms. The number of hydrogen-bond donors (Lipinski definition) is 0. The van der Waals surface area contributed by atoms with E-state index in [0.29, 0.717) is 13.2 Å². The summed E-state index contributed by atoms with van der Waals surface area (Å²) in [5.74, 6) is 1.47. The molecule has 0 radical (unpaired) electrons. The standard InChI is InChI=1S/C17H23N3O4S/c1-19(2)25(21,22)12-14-10-24-11-16(14)20-8-7-18-17(20)13-5-4-6-15(9-13)23-3/h4-9,14,16H,10-12H2,1-3H3/t14-,16-/m1/s1. The molecule has 2 atom stereocenters. The van der Waals surface area contributed by atoms with E-state index < -0.39 is 10.0 Å². The lowest BCUT2D eigenvalue weighted by atomic mass is 10.1. The number of ether oxygens (including phenoxy) is 2. The highest BCUT2D eigenvalue weighted by Crippen LogP contribution is 2.32. The van der Waals surface area contributed by atoms with Crippen molar-refractivity contribution < 1.29 is 17.9 Å². The van der Waals surface area contributed by atoms with E-state index in [9.17, 15) is 8.42 Å². The quantitative estimate of drug-likeness (QED) is 0.778. The first kappa shape index (κ1) is 17.9. The van der Waals surface area contributed by atoms with Crippen molar-refractivity contribution in [2.75, 3.05) is 40.2 Å². The molecule has 136 valence electrons. The summed E-state index contributed by atoms with van der Waals surface area (Å²) < 4.78 is 38.7. The van der Waals surface area contributed by atoms with Gasteiger partial charge in [-0.15, -0.1) is 0 Å². The minimum atomic E-state index is -3.29. The van der Waals surface area contributed by atoms with Crippen molar-refractivity contribution in [2.24, 2.45) is 5.92 Å². The summed E-state index contributed by atoms with van der Waals surface area (Å²) in [6.07, 6.45) is 3.61. The highest BCUT2D eigenvalue weighted by molar-refractivity contribution is 7.89. The number of rotatable bonds is 6. The molecule has 1 aliphatic rings. The van der Waals surface area contributed by atoms with Crippen LogP contribution in [-0.2, 0) is 14.8 Å². The average Bonchev–Trinajstić information content (AvgIpc) is 3.23. The first-order valence-electron chi connectivity index (χ1n) is 8.07. The third-order valence-electron chi connectivity index (χ3n) is 4.50. The van der Waals surface area contributed by atoms with Crippen LogP contribution in [0.1, 0.15) is 6.04 Å². The lowest BCUT2D eigenvalue weighted by molar-refractivity contribution is 0.182. The second kappa shape index (κ2) is 7.15. The number of nitrogens with zero attached hydrogens (tertiary/aromatic N) is 3. The van der Waals surface area contributed by atoms with Gasteiger partial charge in [0.05, 0.1) is 32.1 Å². The molecule has 2 heterocycles.